The molecule has 26 heavy (non-hydrogen) atoms. The molecule has 1 aliphatic heterocycles. The molecule has 0 spiro atoms. The summed E-state index contributed by atoms with van der Waals surface area (Å²) in [7, 11) is 0. The molecule has 3 nitrogen and oxygen atoms in total. The third kappa shape index (κ3) is 3.53. The molecule has 0 bridgehead atoms. The van der Waals surface area contributed by atoms with Gasteiger partial charge in [-0.15, -0.1) is 0 Å². The Hall–Kier alpha value is -2.53. The van der Waals surface area contributed by atoms with Gasteiger partial charge in [0.2, 0.25) is 5.89 Å². The minimum Gasteiger partial charge on any atom is -0.444 e. The van der Waals surface area contributed by atoms with Crippen LogP contribution in [-0.2, 0) is 13.0 Å². The monoisotopic (exact) mass is 354 g/mol. The summed E-state index contributed by atoms with van der Waals surface area (Å²) in [5, 5.41) is 0. The highest BCUT2D eigenvalue weighted by atomic mass is 19.1. The lowest BCUT2D eigenvalue weighted by atomic mass is 10.1. The second-order valence-electron chi connectivity index (χ2n) is 6.65. The fourth-order valence-corrected chi connectivity index (χ4v) is 3.53. The molecule has 1 atom stereocenters. The van der Waals surface area contributed by atoms with E-state index in [9.17, 15) is 8.78 Å². The van der Waals surface area contributed by atoms with Gasteiger partial charge in [-0.2, -0.15) is 0 Å². The Morgan fingerprint density at radius 1 is 1.00 bits per heavy atom. The first-order valence-corrected chi connectivity index (χ1v) is 8.86. The first-order chi connectivity index (χ1) is 12.7. The van der Waals surface area contributed by atoms with E-state index in [1.807, 2.05) is 18.2 Å². The van der Waals surface area contributed by atoms with Gasteiger partial charge in [-0.3, -0.25) is 4.90 Å². The number of hydrogen-bond donors (Lipinski definition) is 0. The van der Waals surface area contributed by atoms with E-state index < -0.39 is 0 Å². The van der Waals surface area contributed by atoms with Crippen LogP contribution in [0.4, 0.5) is 8.78 Å². The zero-order valence-corrected chi connectivity index (χ0v) is 14.4. The van der Waals surface area contributed by atoms with Gasteiger partial charge >= 0.3 is 0 Å². The molecule has 1 aromatic heterocycles. The number of hydrogen-bond acceptors (Lipinski definition) is 3. The summed E-state index contributed by atoms with van der Waals surface area (Å²) >= 11 is 0. The molecule has 1 aliphatic rings. The molecule has 134 valence electrons. The summed E-state index contributed by atoms with van der Waals surface area (Å²) in [5.74, 6) is 0.839. The minimum absolute atomic E-state index is 0.0315. The maximum atomic E-state index is 14.0. The van der Waals surface area contributed by atoms with Crippen molar-refractivity contribution in [3.05, 3.63) is 89.1 Å². The van der Waals surface area contributed by atoms with Gasteiger partial charge in [0.05, 0.1) is 12.2 Å². The molecule has 5 heteroatoms. The predicted molar refractivity (Wildman–Crippen MR) is 94.5 cm³/mol. The molecule has 0 radical (unpaired) electrons. The van der Waals surface area contributed by atoms with Crippen LogP contribution in [0.15, 0.2) is 59.1 Å². The number of aromatic nitrogens is 1. The molecule has 0 amide bonds. The number of likely N-dealkylation sites (tertiary alicyclic amines) is 1. The molecular weight excluding hydrogens is 334 g/mol. The van der Waals surface area contributed by atoms with Crippen molar-refractivity contribution >= 4 is 0 Å². The summed E-state index contributed by atoms with van der Waals surface area (Å²) in [6.45, 7) is 1.41. The summed E-state index contributed by atoms with van der Waals surface area (Å²) in [4.78, 5) is 6.61. The highest BCUT2D eigenvalue weighted by Crippen LogP contribution is 2.33. The van der Waals surface area contributed by atoms with E-state index in [-0.39, 0.29) is 17.7 Å². The molecule has 2 aromatic carbocycles. The van der Waals surface area contributed by atoms with Crippen molar-refractivity contribution in [3.8, 4) is 0 Å². The van der Waals surface area contributed by atoms with Crippen molar-refractivity contribution in [2.45, 2.75) is 31.8 Å². The average Bonchev–Trinajstić information content (AvgIpc) is 3.28. The fraction of sp³-hybridized carbons (Fsp3) is 0.286. The zero-order chi connectivity index (χ0) is 17.9. The summed E-state index contributed by atoms with van der Waals surface area (Å²) in [5.41, 5.74) is 1.27. The molecule has 1 saturated heterocycles. The number of oxazole rings is 1. The Morgan fingerprint density at radius 2 is 1.69 bits per heavy atom. The van der Waals surface area contributed by atoms with Crippen LogP contribution in [0, 0.1) is 11.6 Å². The third-order valence-corrected chi connectivity index (χ3v) is 4.87. The molecule has 3 aromatic rings. The number of halogens is 2. The van der Waals surface area contributed by atoms with E-state index >= 15 is 0 Å². The van der Waals surface area contributed by atoms with Crippen LogP contribution < -0.4 is 0 Å². The van der Waals surface area contributed by atoms with Gasteiger partial charge in [-0.1, -0.05) is 36.4 Å². The molecule has 0 N–H and O–H groups in total. The van der Waals surface area contributed by atoms with E-state index in [0.717, 1.165) is 19.4 Å². The Balaban J connectivity index is 1.49. The van der Waals surface area contributed by atoms with Crippen LogP contribution >= 0.6 is 0 Å². The van der Waals surface area contributed by atoms with Gasteiger partial charge in [0.1, 0.15) is 17.4 Å². The largest absolute Gasteiger partial charge is 0.444 e. The van der Waals surface area contributed by atoms with Gasteiger partial charge in [0.15, 0.2) is 0 Å². The summed E-state index contributed by atoms with van der Waals surface area (Å²) < 4.78 is 33.7. The minimum atomic E-state index is -0.243. The predicted octanol–water partition coefficient (Wildman–Crippen LogP) is 4.88. The Bertz CT molecular complexity index is 893. The second kappa shape index (κ2) is 7.38. The van der Waals surface area contributed by atoms with Crippen LogP contribution in [-0.4, -0.2) is 16.4 Å². The highest BCUT2D eigenvalue weighted by Gasteiger charge is 2.30. The second-order valence-corrected chi connectivity index (χ2v) is 6.65. The first kappa shape index (κ1) is 16.9. The zero-order valence-electron chi connectivity index (χ0n) is 14.4. The van der Waals surface area contributed by atoms with E-state index in [4.69, 9.17) is 4.42 Å². The molecule has 4 rings (SSSR count). The van der Waals surface area contributed by atoms with Crippen molar-refractivity contribution in [2.24, 2.45) is 0 Å². The van der Waals surface area contributed by atoms with Gasteiger partial charge in [-0.25, -0.2) is 13.8 Å². The molecular formula is C21H20F2N2O. The smallest absolute Gasteiger partial charge is 0.211 e. The van der Waals surface area contributed by atoms with E-state index in [0.29, 0.717) is 35.7 Å². The van der Waals surface area contributed by atoms with Crippen molar-refractivity contribution < 1.29 is 13.2 Å². The van der Waals surface area contributed by atoms with Crippen molar-refractivity contribution in [1.29, 1.82) is 0 Å². The lowest BCUT2D eigenvalue weighted by Gasteiger charge is -2.22. The van der Waals surface area contributed by atoms with Crippen molar-refractivity contribution in [2.75, 3.05) is 6.54 Å². The molecule has 1 fully saturated rings. The normalized spacial score (nSPS) is 17.7. The molecule has 0 saturated carbocycles. The Labute approximate surface area is 151 Å². The lowest BCUT2D eigenvalue weighted by molar-refractivity contribution is 0.210. The van der Waals surface area contributed by atoms with Crippen LogP contribution in [0.1, 0.15) is 41.7 Å². The standard InChI is InChI=1S/C21H20F2N2O/c22-18-8-3-1-6-15(18)12-17-13-24-21(26-17)20-10-5-11-25(20)14-16-7-2-4-9-19(16)23/h1-4,6-9,13,20H,5,10-12,14H2. The SMILES string of the molecule is Fc1ccccc1Cc1cnc(C2CCCN2Cc2ccccc2F)o1. The van der Waals surface area contributed by atoms with Crippen molar-refractivity contribution in [3.63, 3.8) is 0 Å². The molecule has 1 unspecified atom stereocenters. The number of rotatable bonds is 5. The van der Waals surface area contributed by atoms with E-state index in [1.165, 1.54) is 12.1 Å². The molecule has 0 aliphatic carbocycles. The fourth-order valence-electron chi connectivity index (χ4n) is 3.53. The topological polar surface area (TPSA) is 29.3 Å². The van der Waals surface area contributed by atoms with Crippen LogP contribution in [0.3, 0.4) is 0 Å². The van der Waals surface area contributed by atoms with Gasteiger partial charge in [0, 0.05) is 18.5 Å². The maximum Gasteiger partial charge on any atom is 0.211 e. The maximum absolute atomic E-state index is 14.0. The first-order valence-electron chi connectivity index (χ1n) is 8.86. The van der Waals surface area contributed by atoms with Gasteiger partial charge < -0.3 is 4.42 Å². The number of benzene rings is 2. The van der Waals surface area contributed by atoms with Gasteiger partial charge in [0.25, 0.3) is 0 Å². The number of nitrogens with zero attached hydrogens (tertiary/aromatic N) is 2. The highest BCUT2D eigenvalue weighted by molar-refractivity contribution is 5.22. The summed E-state index contributed by atoms with van der Waals surface area (Å²) in [6, 6.07) is 13.5. The van der Waals surface area contributed by atoms with Crippen LogP contribution in [0.5, 0.6) is 0 Å². The third-order valence-electron chi connectivity index (χ3n) is 4.87. The summed E-state index contributed by atoms with van der Waals surface area (Å²) in [6.07, 6.45) is 3.99. The Kier molecular flexibility index (Phi) is 4.80. The Morgan fingerprint density at radius 3 is 2.42 bits per heavy atom. The molecule has 2 heterocycles. The lowest BCUT2D eigenvalue weighted by Crippen LogP contribution is -2.23. The van der Waals surface area contributed by atoms with Gasteiger partial charge in [-0.05, 0) is 37.1 Å². The van der Waals surface area contributed by atoms with E-state index in [1.54, 1.807) is 24.4 Å². The average molecular weight is 354 g/mol. The van der Waals surface area contributed by atoms with E-state index in [2.05, 4.69) is 9.88 Å². The van der Waals surface area contributed by atoms with Crippen LogP contribution in [0.2, 0.25) is 0 Å². The van der Waals surface area contributed by atoms with Crippen molar-refractivity contribution in [1.82, 2.24) is 9.88 Å². The van der Waals surface area contributed by atoms with Crippen LogP contribution in [0.25, 0.3) is 0 Å². The quantitative estimate of drug-likeness (QED) is 0.654.